The monoisotopic (exact) mass is 443 g/mol. The molecule has 0 atom stereocenters. The predicted octanol–water partition coefficient (Wildman–Crippen LogP) is 3.30. The Kier molecular flexibility index (Phi) is 5.37. The van der Waals surface area contributed by atoms with E-state index in [0.717, 1.165) is 27.2 Å². The van der Waals surface area contributed by atoms with Crippen LogP contribution in [-0.2, 0) is 16.1 Å². The highest BCUT2D eigenvalue weighted by Crippen LogP contribution is 2.32. The van der Waals surface area contributed by atoms with Gasteiger partial charge in [-0.3, -0.25) is 4.79 Å². The van der Waals surface area contributed by atoms with Crippen molar-refractivity contribution in [3.8, 4) is 5.75 Å². The number of amidine groups is 1. The lowest BCUT2D eigenvalue weighted by atomic mass is 10.00. The molecule has 2 aliphatic rings. The summed E-state index contributed by atoms with van der Waals surface area (Å²) in [5, 5.41) is 0. The number of benzene rings is 2. The Hall–Kier alpha value is -2.38. The Morgan fingerprint density at radius 3 is 2.79 bits per heavy atom. The topological polar surface area (TPSA) is 63.2 Å². The molecule has 28 heavy (non-hydrogen) atoms. The molecule has 2 aromatic rings. The Bertz CT molecular complexity index is 907. The fourth-order valence-electron chi connectivity index (χ4n) is 3.60. The molecule has 0 aliphatic carbocycles. The van der Waals surface area contributed by atoms with E-state index in [0.29, 0.717) is 32.4 Å². The van der Waals surface area contributed by atoms with E-state index < -0.39 is 5.72 Å². The minimum Gasteiger partial charge on any atom is -0.496 e. The molecule has 146 valence electrons. The first-order valence-electron chi connectivity index (χ1n) is 9.28. The van der Waals surface area contributed by atoms with Crippen LogP contribution in [-0.4, -0.2) is 42.6 Å². The molecule has 6 nitrogen and oxygen atoms in total. The van der Waals surface area contributed by atoms with E-state index in [1.54, 1.807) is 7.11 Å². The van der Waals surface area contributed by atoms with Gasteiger partial charge < -0.3 is 9.64 Å². The lowest BCUT2D eigenvalue weighted by Gasteiger charge is -2.35. The number of aliphatic imine (C=N–C) groups is 1. The number of likely N-dealkylation sites (tertiary alicyclic amines) is 1. The summed E-state index contributed by atoms with van der Waals surface area (Å²) < 4.78 is 6.34. The third kappa shape index (κ3) is 3.91. The highest BCUT2D eigenvalue weighted by atomic mass is 79.9. The fourth-order valence-corrected chi connectivity index (χ4v) is 3.99. The van der Waals surface area contributed by atoms with Gasteiger partial charge in [0.25, 0.3) is 0 Å². The van der Waals surface area contributed by atoms with Crippen molar-refractivity contribution in [2.75, 3.05) is 20.2 Å². The van der Waals surface area contributed by atoms with Crippen molar-refractivity contribution >= 4 is 27.7 Å². The van der Waals surface area contributed by atoms with Gasteiger partial charge in [0.2, 0.25) is 5.91 Å². The maximum absolute atomic E-state index is 12.7. The molecule has 2 heterocycles. The molecule has 2 aromatic carbocycles. The first-order valence-corrected chi connectivity index (χ1v) is 10.1. The third-order valence-corrected chi connectivity index (χ3v) is 5.68. The van der Waals surface area contributed by atoms with Gasteiger partial charge in [-0.15, -0.1) is 0 Å². The zero-order valence-corrected chi connectivity index (χ0v) is 17.2. The SMILES string of the molecule is COc1ccccc1CC(=O)N1CCC2(CC1)N=C(c1cccc(Br)c1)NO2. The number of para-hydroxylation sites is 1. The highest BCUT2D eigenvalue weighted by molar-refractivity contribution is 9.10. The molecule has 0 aromatic heterocycles. The van der Waals surface area contributed by atoms with Crippen molar-refractivity contribution in [2.45, 2.75) is 25.0 Å². The minimum absolute atomic E-state index is 0.0986. The van der Waals surface area contributed by atoms with E-state index in [1.807, 2.05) is 53.4 Å². The van der Waals surface area contributed by atoms with Crippen LogP contribution >= 0.6 is 15.9 Å². The number of nitrogens with one attached hydrogen (secondary N) is 1. The van der Waals surface area contributed by atoms with Gasteiger partial charge in [-0.25, -0.2) is 15.3 Å². The summed E-state index contributed by atoms with van der Waals surface area (Å²) in [5.74, 6) is 1.58. The Labute approximate surface area is 172 Å². The number of piperidine rings is 1. The van der Waals surface area contributed by atoms with Crippen LogP contribution in [0.1, 0.15) is 24.0 Å². The molecular formula is C21H22BrN3O3. The summed E-state index contributed by atoms with van der Waals surface area (Å²) in [6.07, 6.45) is 1.66. The van der Waals surface area contributed by atoms with E-state index >= 15 is 0 Å². The summed E-state index contributed by atoms with van der Waals surface area (Å²) in [4.78, 5) is 25.3. The standard InChI is InChI=1S/C21H22BrN3O3/c1-27-18-8-3-2-5-15(18)14-19(26)25-11-9-21(10-12-25)23-20(24-28-21)16-6-4-7-17(22)13-16/h2-8,13H,9-12,14H2,1H3,(H,23,24). The molecular weight excluding hydrogens is 422 g/mol. The Balaban J connectivity index is 1.40. The van der Waals surface area contributed by atoms with Crippen molar-refractivity contribution in [3.05, 3.63) is 64.1 Å². The van der Waals surface area contributed by atoms with Crippen molar-refractivity contribution in [3.63, 3.8) is 0 Å². The normalized spacial score (nSPS) is 17.9. The van der Waals surface area contributed by atoms with Crippen molar-refractivity contribution in [1.29, 1.82) is 0 Å². The lowest BCUT2D eigenvalue weighted by molar-refractivity contribution is -0.138. The maximum Gasteiger partial charge on any atom is 0.227 e. The summed E-state index contributed by atoms with van der Waals surface area (Å²) in [6, 6.07) is 15.6. The van der Waals surface area contributed by atoms with Gasteiger partial charge in [-0.05, 0) is 18.2 Å². The maximum atomic E-state index is 12.7. The molecule has 4 rings (SSSR count). The summed E-state index contributed by atoms with van der Waals surface area (Å²) in [5.41, 5.74) is 4.25. The van der Waals surface area contributed by atoms with Crippen LogP contribution in [0.2, 0.25) is 0 Å². The van der Waals surface area contributed by atoms with Crippen molar-refractivity contribution < 1.29 is 14.4 Å². The Morgan fingerprint density at radius 1 is 1.25 bits per heavy atom. The lowest BCUT2D eigenvalue weighted by Crippen LogP contribution is -2.47. The first kappa shape index (κ1) is 19.0. The van der Waals surface area contributed by atoms with Crippen LogP contribution in [0.3, 0.4) is 0 Å². The number of nitrogens with zero attached hydrogens (tertiary/aromatic N) is 2. The molecule has 0 bridgehead atoms. The van der Waals surface area contributed by atoms with Crippen LogP contribution in [0.5, 0.6) is 5.75 Å². The number of ether oxygens (including phenoxy) is 1. The molecule has 0 radical (unpaired) electrons. The molecule has 1 saturated heterocycles. The van der Waals surface area contributed by atoms with Gasteiger partial charge in [0.15, 0.2) is 11.6 Å². The zero-order chi connectivity index (χ0) is 19.6. The van der Waals surface area contributed by atoms with E-state index in [1.165, 1.54) is 0 Å². The molecule has 1 N–H and O–H groups in total. The fraction of sp³-hybridized carbons (Fsp3) is 0.333. The summed E-state index contributed by atoms with van der Waals surface area (Å²) in [6.45, 7) is 1.23. The second kappa shape index (κ2) is 7.93. The highest BCUT2D eigenvalue weighted by Gasteiger charge is 2.41. The van der Waals surface area contributed by atoms with Crippen molar-refractivity contribution in [2.24, 2.45) is 4.99 Å². The summed E-state index contributed by atoms with van der Waals surface area (Å²) >= 11 is 3.48. The number of halogens is 1. The molecule has 1 spiro atoms. The van der Waals surface area contributed by atoms with E-state index in [2.05, 4.69) is 21.4 Å². The quantitative estimate of drug-likeness (QED) is 0.787. The average Bonchev–Trinajstić information content (AvgIpc) is 3.12. The minimum atomic E-state index is -0.598. The number of amides is 1. The predicted molar refractivity (Wildman–Crippen MR) is 110 cm³/mol. The second-order valence-electron chi connectivity index (χ2n) is 6.99. The van der Waals surface area contributed by atoms with E-state index in [-0.39, 0.29) is 5.91 Å². The number of methoxy groups -OCH3 is 1. The molecule has 0 saturated carbocycles. The van der Waals surface area contributed by atoms with Crippen LogP contribution in [0.25, 0.3) is 0 Å². The van der Waals surface area contributed by atoms with Crippen molar-refractivity contribution in [1.82, 2.24) is 10.4 Å². The van der Waals surface area contributed by atoms with Crippen LogP contribution in [0.4, 0.5) is 0 Å². The summed E-state index contributed by atoms with van der Waals surface area (Å²) in [7, 11) is 1.62. The smallest absolute Gasteiger partial charge is 0.227 e. The third-order valence-electron chi connectivity index (χ3n) is 5.18. The van der Waals surface area contributed by atoms with Gasteiger partial charge in [-0.1, -0.05) is 46.3 Å². The van der Waals surface area contributed by atoms with Gasteiger partial charge in [0, 0.05) is 41.5 Å². The van der Waals surface area contributed by atoms with Crippen LogP contribution in [0, 0.1) is 0 Å². The van der Waals surface area contributed by atoms with Crippen LogP contribution < -0.4 is 10.2 Å². The largest absolute Gasteiger partial charge is 0.496 e. The zero-order valence-electron chi connectivity index (χ0n) is 15.7. The molecule has 0 unspecified atom stereocenters. The van der Waals surface area contributed by atoms with Gasteiger partial charge in [-0.2, -0.15) is 0 Å². The van der Waals surface area contributed by atoms with Crippen LogP contribution in [0.15, 0.2) is 58.0 Å². The second-order valence-corrected chi connectivity index (χ2v) is 7.91. The number of carbonyl (C=O) groups is 1. The number of hydrogen-bond acceptors (Lipinski definition) is 5. The Morgan fingerprint density at radius 2 is 2.04 bits per heavy atom. The number of rotatable bonds is 4. The van der Waals surface area contributed by atoms with Gasteiger partial charge in [0.1, 0.15) is 5.75 Å². The number of hydrogen-bond donors (Lipinski definition) is 1. The molecule has 1 amide bonds. The van der Waals surface area contributed by atoms with E-state index in [9.17, 15) is 4.79 Å². The van der Waals surface area contributed by atoms with Gasteiger partial charge in [0.05, 0.1) is 13.5 Å². The molecule has 7 heteroatoms. The number of carbonyl (C=O) groups excluding carboxylic acids is 1. The van der Waals surface area contributed by atoms with Gasteiger partial charge >= 0.3 is 0 Å². The molecule has 1 fully saturated rings. The van der Waals surface area contributed by atoms with E-state index in [4.69, 9.17) is 14.6 Å². The first-order chi connectivity index (χ1) is 13.6. The number of hydroxylamine groups is 1. The average molecular weight is 444 g/mol. The molecule has 2 aliphatic heterocycles.